The molecule has 1 saturated heterocycles. The molecule has 3 atom stereocenters. The molecule has 74 valence electrons. The molecule has 0 bridgehead atoms. The van der Waals surface area contributed by atoms with Crippen molar-refractivity contribution in [2.45, 2.75) is 37.4 Å². The van der Waals surface area contributed by atoms with Gasteiger partial charge < -0.3 is 0 Å². The molecule has 0 spiro atoms. The lowest BCUT2D eigenvalue weighted by atomic mass is 10.0. The van der Waals surface area contributed by atoms with Crippen molar-refractivity contribution >= 4 is 11.0 Å². The summed E-state index contributed by atoms with van der Waals surface area (Å²) in [5.74, 6) is 1.78. The minimum absolute atomic E-state index is 0.541. The van der Waals surface area contributed by atoms with Gasteiger partial charge >= 0.3 is 0 Å². The molecule has 0 N–H and O–H groups in total. The van der Waals surface area contributed by atoms with Gasteiger partial charge in [-0.25, -0.2) is 8.51 Å². The van der Waals surface area contributed by atoms with Crippen LogP contribution in [0.25, 0.3) is 0 Å². The smallest absolute Gasteiger partial charge is 0.0974 e. The van der Waals surface area contributed by atoms with Gasteiger partial charge in [0, 0.05) is 18.3 Å². The van der Waals surface area contributed by atoms with Gasteiger partial charge in [0.2, 0.25) is 0 Å². The highest BCUT2D eigenvalue weighted by Gasteiger charge is 2.41. The van der Waals surface area contributed by atoms with Crippen LogP contribution < -0.4 is 0 Å². The van der Waals surface area contributed by atoms with E-state index in [0.29, 0.717) is 5.25 Å². The molecule has 2 saturated carbocycles. The van der Waals surface area contributed by atoms with Crippen molar-refractivity contribution in [3.05, 3.63) is 0 Å². The largest absolute Gasteiger partial charge is 0.242 e. The Labute approximate surface area is 82.3 Å². The van der Waals surface area contributed by atoms with Crippen LogP contribution in [0.1, 0.15) is 32.1 Å². The molecule has 0 amide bonds. The Hall–Kier alpha value is 0.110. The Morgan fingerprint density at radius 3 is 2.15 bits per heavy atom. The third kappa shape index (κ3) is 1.46. The van der Waals surface area contributed by atoms with E-state index in [4.69, 9.17) is 0 Å². The summed E-state index contributed by atoms with van der Waals surface area (Å²) in [5, 5.41) is 0.541. The maximum atomic E-state index is 11.9. The second-order valence-electron chi connectivity index (χ2n) is 4.77. The molecule has 1 heterocycles. The van der Waals surface area contributed by atoms with Gasteiger partial charge in [0.1, 0.15) is 0 Å². The molecule has 0 aromatic heterocycles. The van der Waals surface area contributed by atoms with Gasteiger partial charge in [-0.3, -0.25) is 0 Å². The highest BCUT2D eigenvalue weighted by Crippen LogP contribution is 2.40. The summed E-state index contributed by atoms with van der Waals surface area (Å²) in [4.78, 5) is 0. The Morgan fingerprint density at radius 2 is 1.62 bits per heavy atom. The summed E-state index contributed by atoms with van der Waals surface area (Å²) < 4.78 is 14.1. The van der Waals surface area contributed by atoms with Crippen LogP contribution in [-0.4, -0.2) is 26.9 Å². The quantitative estimate of drug-likeness (QED) is 0.660. The second kappa shape index (κ2) is 3.06. The first-order chi connectivity index (χ1) is 6.34. The highest BCUT2D eigenvalue weighted by atomic mass is 32.2. The van der Waals surface area contributed by atoms with Gasteiger partial charge in [0.15, 0.2) is 0 Å². The van der Waals surface area contributed by atoms with E-state index in [9.17, 15) is 4.21 Å². The number of fused-ring (bicyclic) bond motifs is 1. The van der Waals surface area contributed by atoms with E-state index in [1.165, 1.54) is 32.1 Å². The summed E-state index contributed by atoms with van der Waals surface area (Å²) in [6, 6.07) is 0. The first kappa shape index (κ1) is 8.42. The van der Waals surface area contributed by atoms with E-state index in [-0.39, 0.29) is 0 Å². The van der Waals surface area contributed by atoms with E-state index in [1.54, 1.807) is 0 Å². The van der Waals surface area contributed by atoms with Crippen molar-refractivity contribution < 1.29 is 4.21 Å². The Balaban J connectivity index is 1.65. The zero-order chi connectivity index (χ0) is 8.84. The Morgan fingerprint density at radius 1 is 1.00 bits per heavy atom. The van der Waals surface area contributed by atoms with E-state index in [2.05, 4.69) is 4.31 Å². The van der Waals surface area contributed by atoms with E-state index < -0.39 is 11.0 Å². The average Bonchev–Trinajstić information content (AvgIpc) is 2.73. The fourth-order valence-electron chi connectivity index (χ4n) is 2.82. The Bertz CT molecular complexity index is 227. The normalized spacial score (nSPS) is 42.2. The van der Waals surface area contributed by atoms with Crippen LogP contribution in [0.3, 0.4) is 0 Å². The molecule has 3 unspecified atom stereocenters. The third-order valence-corrected chi connectivity index (χ3v) is 5.61. The van der Waals surface area contributed by atoms with Crippen LogP contribution in [0.15, 0.2) is 0 Å². The first-order valence-electron chi connectivity index (χ1n) is 5.50. The standard InChI is InChI=1S/C10H17NOS/c12-13(10-4-5-10)11-6-8-2-1-3-9(8)7-11/h8-10H,1-7H2. The van der Waals surface area contributed by atoms with Gasteiger partial charge in [0.05, 0.1) is 11.0 Å². The van der Waals surface area contributed by atoms with Crippen molar-refractivity contribution in [3.8, 4) is 0 Å². The van der Waals surface area contributed by atoms with Crippen molar-refractivity contribution in [3.63, 3.8) is 0 Å². The van der Waals surface area contributed by atoms with Gasteiger partial charge in [-0.15, -0.1) is 0 Å². The third-order valence-electron chi connectivity index (χ3n) is 3.76. The molecule has 0 radical (unpaired) electrons. The minimum atomic E-state index is -0.612. The lowest BCUT2D eigenvalue weighted by Gasteiger charge is -2.14. The number of hydrogen-bond acceptors (Lipinski definition) is 1. The van der Waals surface area contributed by atoms with Crippen molar-refractivity contribution in [2.24, 2.45) is 11.8 Å². The van der Waals surface area contributed by atoms with Crippen LogP contribution in [0.5, 0.6) is 0 Å². The average molecular weight is 199 g/mol. The molecular formula is C10H17NOS. The number of hydrogen-bond donors (Lipinski definition) is 0. The molecule has 1 aliphatic heterocycles. The number of rotatable bonds is 2. The summed E-state index contributed by atoms with van der Waals surface area (Å²) in [6.45, 7) is 2.27. The van der Waals surface area contributed by atoms with Crippen molar-refractivity contribution in [1.29, 1.82) is 0 Å². The molecule has 2 nitrogen and oxygen atoms in total. The maximum absolute atomic E-state index is 11.9. The van der Waals surface area contributed by atoms with Crippen LogP contribution in [0, 0.1) is 11.8 Å². The maximum Gasteiger partial charge on any atom is 0.0974 e. The van der Waals surface area contributed by atoms with Crippen LogP contribution in [0.2, 0.25) is 0 Å². The lowest BCUT2D eigenvalue weighted by Crippen LogP contribution is -2.26. The van der Waals surface area contributed by atoms with Crippen molar-refractivity contribution in [2.75, 3.05) is 13.1 Å². The summed E-state index contributed by atoms with van der Waals surface area (Å²) in [5.41, 5.74) is 0. The van der Waals surface area contributed by atoms with E-state index >= 15 is 0 Å². The first-order valence-corrected chi connectivity index (χ1v) is 6.67. The molecule has 13 heavy (non-hydrogen) atoms. The van der Waals surface area contributed by atoms with Crippen LogP contribution >= 0.6 is 0 Å². The highest BCUT2D eigenvalue weighted by molar-refractivity contribution is 7.83. The topological polar surface area (TPSA) is 20.3 Å². The Kier molecular flexibility index (Phi) is 1.98. The van der Waals surface area contributed by atoms with Gasteiger partial charge in [0.25, 0.3) is 0 Å². The van der Waals surface area contributed by atoms with E-state index in [0.717, 1.165) is 24.9 Å². The number of nitrogens with zero attached hydrogens (tertiary/aromatic N) is 1. The lowest BCUT2D eigenvalue weighted by molar-refractivity contribution is 0.485. The second-order valence-corrected chi connectivity index (χ2v) is 6.51. The summed E-state index contributed by atoms with van der Waals surface area (Å²) in [6.07, 6.45) is 6.61. The fraction of sp³-hybridized carbons (Fsp3) is 1.00. The SMILES string of the molecule is O=S(C1CC1)N1CC2CCCC2C1. The molecule has 3 heteroatoms. The molecule has 0 aromatic rings. The monoisotopic (exact) mass is 199 g/mol. The van der Waals surface area contributed by atoms with E-state index in [1.807, 2.05) is 0 Å². The zero-order valence-corrected chi connectivity index (χ0v) is 8.76. The molecular weight excluding hydrogens is 182 g/mol. The minimum Gasteiger partial charge on any atom is -0.242 e. The molecule has 0 aromatic carbocycles. The van der Waals surface area contributed by atoms with Gasteiger partial charge in [-0.2, -0.15) is 0 Å². The molecule has 2 aliphatic carbocycles. The van der Waals surface area contributed by atoms with Crippen LogP contribution in [0.4, 0.5) is 0 Å². The predicted octanol–water partition coefficient (Wildman–Crippen LogP) is 1.54. The summed E-state index contributed by atoms with van der Waals surface area (Å²) in [7, 11) is -0.612. The van der Waals surface area contributed by atoms with Crippen LogP contribution in [-0.2, 0) is 11.0 Å². The fourth-order valence-corrected chi connectivity index (χ4v) is 4.46. The summed E-state index contributed by atoms with van der Waals surface area (Å²) >= 11 is 0. The predicted molar refractivity (Wildman–Crippen MR) is 53.6 cm³/mol. The van der Waals surface area contributed by atoms with Gasteiger partial charge in [-0.1, -0.05) is 6.42 Å². The molecule has 3 fully saturated rings. The van der Waals surface area contributed by atoms with Gasteiger partial charge in [-0.05, 0) is 37.5 Å². The molecule has 3 aliphatic rings. The zero-order valence-electron chi connectivity index (χ0n) is 7.95. The molecule has 3 rings (SSSR count). The van der Waals surface area contributed by atoms with Crippen molar-refractivity contribution in [1.82, 2.24) is 4.31 Å².